The van der Waals surface area contributed by atoms with E-state index in [1.807, 2.05) is 24.3 Å². The number of anilines is 3. The van der Waals surface area contributed by atoms with Crippen LogP contribution < -0.4 is 15.1 Å². The highest BCUT2D eigenvalue weighted by molar-refractivity contribution is 6.03. The van der Waals surface area contributed by atoms with Crippen LogP contribution in [0.15, 0.2) is 42.5 Å². The van der Waals surface area contributed by atoms with Crippen molar-refractivity contribution in [2.45, 2.75) is 25.7 Å². The van der Waals surface area contributed by atoms with Crippen LogP contribution in [0.2, 0.25) is 0 Å². The Bertz CT molecular complexity index is 911. The molecule has 0 radical (unpaired) electrons. The summed E-state index contributed by atoms with van der Waals surface area (Å²) in [5.41, 5.74) is 2.08. The van der Waals surface area contributed by atoms with Crippen LogP contribution in [0.5, 0.6) is 0 Å². The molecule has 0 aliphatic carbocycles. The highest BCUT2D eigenvalue weighted by Crippen LogP contribution is 2.28. The fourth-order valence-corrected chi connectivity index (χ4v) is 3.94. The van der Waals surface area contributed by atoms with Crippen molar-refractivity contribution >= 4 is 28.9 Å². The van der Waals surface area contributed by atoms with E-state index in [2.05, 4.69) is 10.2 Å². The first-order valence-corrected chi connectivity index (χ1v) is 9.92. The van der Waals surface area contributed by atoms with Crippen LogP contribution >= 0.6 is 0 Å². The van der Waals surface area contributed by atoms with Crippen molar-refractivity contribution in [1.29, 1.82) is 0 Å². The van der Waals surface area contributed by atoms with Crippen LogP contribution in [0.25, 0.3) is 0 Å². The topological polar surface area (TPSA) is 52.7 Å². The summed E-state index contributed by atoms with van der Waals surface area (Å²) >= 11 is 0. The minimum absolute atomic E-state index is 0.0384. The SMILES string of the molecule is O=C(Nc1ccc(N2CCCCC2)cc1)C1CC(=O)N(c2ccc(F)c(F)c2)C1. The van der Waals surface area contributed by atoms with Crippen LogP contribution in [0.1, 0.15) is 25.7 Å². The summed E-state index contributed by atoms with van der Waals surface area (Å²) in [6, 6.07) is 11.0. The number of benzene rings is 2. The molecule has 152 valence electrons. The maximum absolute atomic E-state index is 13.5. The summed E-state index contributed by atoms with van der Waals surface area (Å²) in [6.45, 7) is 2.24. The third-order valence-electron chi connectivity index (χ3n) is 5.57. The van der Waals surface area contributed by atoms with E-state index < -0.39 is 17.6 Å². The summed E-state index contributed by atoms with van der Waals surface area (Å²) in [5.74, 6) is -3.07. The highest BCUT2D eigenvalue weighted by atomic mass is 19.2. The number of nitrogens with one attached hydrogen (secondary N) is 1. The molecule has 2 heterocycles. The average molecular weight is 399 g/mol. The summed E-state index contributed by atoms with van der Waals surface area (Å²) in [4.78, 5) is 28.6. The summed E-state index contributed by atoms with van der Waals surface area (Å²) in [7, 11) is 0. The van der Waals surface area contributed by atoms with Gasteiger partial charge in [-0.2, -0.15) is 0 Å². The van der Waals surface area contributed by atoms with Gasteiger partial charge in [-0.1, -0.05) is 0 Å². The third kappa shape index (κ3) is 4.23. The molecule has 0 spiro atoms. The number of rotatable bonds is 4. The first-order chi connectivity index (χ1) is 14.0. The summed E-state index contributed by atoms with van der Waals surface area (Å²) < 4.78 is 26.6. The van der Waals surface area contributed by atoms with Crippen molar-refractivity contribution in [1.82, 2.24) is 0 Å². The van der Waals surface area contributed by atoms with Gasteiger partial charge in [0.05, 0.1) is 5.92 Å². The molecule has 2 saturated heterocycles. The van der Waals surface area contributed by atoms with E-state index in [1.165, 1.54) is 30.2 Å². The number of carbonyl (C=O) groups is 2. The van der Waals surface area contributed by atoms with Crippen molar-refractivity contribution in [3.63, 3.8) is 0 Å². The first-order valence-electron chi connectivity index (χ1n) is 9.92. The second-order valence-electron chi connectivity index (χ2n) is 7.59. The molecule has 7 heteroatoms. The Balaban J connectivity index is 1.38. The molecule has 2 fully saturated rings. The lowest BCUT2D eigenvalue weighted by molar-refractivity contribution is -0.122. The Morgan fingerprint density at radius 1 is 0.931 bits per heavy atom. The van der Waals surface area contributed by atoms with E-state index in [4.69, 9.17) is 0 Å². The molecule has 29 heavy (non-hydrogen) atoms. The second kappa shape index (κ2) is 8.19. The van der Waals surface area contributed by atoms with Gasteiger partial charge in [0.15, 0.2) is 11.6 Å². The number of amides is 2. The van der Waals surface area contributed by atoms with Crippen LogP contribution in [0, 0.1) is 17.6 Å². The number of halogens is 2. The van der Waals surface area contributed by atoms with Crippen molar-refractivity contribution in [2.75, 3.05) is 34.8 Å². The van der Waals surface area contributed by atoms with Crippen LogP contribution in [0.4, 0.5) is 25.8 Å². The predicted molar refractivity (Wildman–Crippen MR) is 108 cm³/mol. The fraction of sp³-hybridized carbons (Fsp3) is 0.364. The van der Waals surface area contributed by atoms with E-state index >= 15 is 0 Å². The Hall–Kier alpha value is -2.96. The number of hydrogen-bond donors (Lipinski definition) is 1. The molecule has 1 unspecified atom stereocenters. The van der Waals surface area contributed by atoms with E-state index in [-0.39, 0.29) is 30.5 Å². The van der Waals surface area contributed by atoms with Gasteiger partial charge in [0, 0.05) is 49.2 Å². The van der Waals surface area contributed by atoms with E-state index in [0.29, 0.717) is 5.69 Å². The molecule has 2 aliphatic rings. The lowest BCUT2D eigenvalue weighted by Crippen LogP contribution is -2.29. The lowest BCUT2D eigenvalue weighted by atomic mass is 10.1. The zero-order valence-corrected chi connectivity index (χ0v) is 16.0. The summed E-state index contributed by atoms with van der Waals surface area (Å²) in [6.07, 6.45) is 3.70. The molecule has 4 rings (SSSR count). The molecular formula is C22H23F2N3O2. The van der Waals surface area contributed by atoms with Gasteiger partial charge in [-0.25, -0.2) is 8.78 Å². The molecule has 5 nitrogen and oxygen atoms in total. The van der Waals surface area contributed by atoms with Crippen molar-refractivity contribution in [3.8, 4) is 0 Å². The normalized spacial score (nSPS) is 19.5. The monoisotopic (exact) mass is 399 g/mol. The molecule has 1 N–H and O–H groups in total. The number of piperidine rings is 1. The third-order valence-corrected chi connectivity index (χ3v) is 5.57. The molecule has 0 saturated carbocycles. The Morgan fingerprint density at radius 3 is 2.31 bits per heavy atom. The van der Waals surface area contributed by atoms with E-state index in [0.717, 1.165) is 30.9 Å². The fourth-order valence-electron chi connectivity index (χ4n) is 3.94. The predicted octanol–water partition coefficient (Wildman–Crippen LogP) is 3.95. The largest absolute Gasteiger partial charge is 0.372 e. The van der Waals surface area contributed by atoms with Crippen molar-refractivity contribution < 1.29 is 18.4 Å². The molecule has 2 amide bonds. The highest BCUT2D eigenvalue weighted by Gasteiger charge is 2.35. The van der Waals surface area contributed by atoms with Crippen LogP contribution in [-0.2, 0) is 9.59 Å². The van der Waals surface area contributed by atoms with E-state index in [9.17, 15) is 18.4 Å². The number of hydrogen-bond acceptors (Lipinski definition) is 3. The Morgan fingerprint density at radius 2 is 1.62 bits per heavy atom. The van der Waals surface area contributed by atoms with Gasteiger partial charge in [0.25, 0.3) is 0 Å². The number of carbonyl (C=O) groups excluding carboxylic acids is 2. The zero-order valence-electron chi connectivity index (χ0n) is 16.0. The molecule has 0 aromatic heterocycles. The minimum atomic E-state index is -1.02. The van der Waals surface area contributed by atoms with E-state index in [1.54, 1.807) is 0 Å². The maximum atomic E-state index is 13.5. The van der Waals surface area contributed by atoms with Gasteiger partial charge >= 0.3 is 0 Å². The number of nitrogens with zero attached hydrogens (tertiary/aromatic N) is 2. The standard InChI is InChI=1S/C22H23F2N3O2/c23-19-9-8-18(13-20(19)24)27-14-15(12-21(27)28)22(29)25-16-4-6-17(7-5-16)26-10-2-1-3-11-26/h4-9,13,15H,1-3,10-12,14H2,(H,25,29). The quantitative estimate of drug-likeness (QED) is 0.847. The maximum Gasteiger partial charge on any atom is 0.229 e. The molecule has 0 bridgehead atoms. The molecule has 2 aromatic carbocycles. The Kier molecular flexibility index (Phi) is 5.47. The van der Waals surface area contributed by atoms with Gasteiger partial charge in [-0.3, -0.25) is 9.59 Å². The van der Waals surface area contributed by atoms with Gasteiger partial charge in [0.1, 0.15) is 0 Å². The molecule has 2 aliphatic heterocycles. The Labute approximate surface area is 168 Å². The molecular weight excluding hydrogens is 376 g/mol. The average Bonchev–Trinajstić information content (AvgIpc) is 3.13. The first kappa shape index (κ1) is 19.4. The lowest BCUT2D eigenvalue weighted by Gasteiger charge is -2.28. The van der Waals surface area contributed by atoms with Crippen molar-refractivity contribution in [3.05, 3.63) is 54.1 Å². The second-order valence-corrected chi connectivity index (χ2v) is 7.59. The van der Waals surface area contributed by atoms with Crippen LogP contribution in [-0.4, -0.2) is 31.4 Å². The zero-order chi connectivity index (χ0) is 20.4. The summed E-state index contributed by atoms with van der Waals surface area (Å²) in [5, 5.41) is 2.86. The van der Waals surface area contributed by atoms with Gasteiger partial charge < -0.3 is 15.1 Å². The molecule has 1 atom stereocenters. The molecule has 2 aromatic rings. The van der Waals surface area contributed by atoms with Crippen molar-refractivity contribution in [2.24, 2.45) is 5.92 Å². The van der Waals surface area contributed by atoms with Gasteiger partial charge in [-0.15, -0.1) is 0 Å². The smallest absolute Gasteiger partial charge is 0.229 e. The van der Waals surface area contributed by atoms with Gasteiger partial charge in [0.2, 0.25) is 11.8 Å². The van der Waals surface area contributed by atoms with Gasteiger partial charge in [-0.05, 0) is 55.7 Å². The van der Waals surface area contributed by atoms with Crippen LogP contribution in [0.3, 0.4) is 0 Å². The minimum Gasteiger partial charge on any atom is -0.372 e.